The van der Waals surface area contributed by atoms with E-state index in [9.17, 15) is 8.42 Å². The Morgan fingerprint density at radius 3 is 2.38 bits per heavy atom. The minimum absolute atomic E-state index is 0.0652. The average molecular weight is 483 g/mol. The van der Waals surface area contributed by atoms with E-state index in [0.717, 1.165) is 18.4 Å². The molecule has 2 fully saturated rings. The van der Waals surface area contributed by atoms with Crippen molar-refractivity contribution in [2.45, 2.75) is 37.6 Å². The zero-order valence-corrected chi connectivity index (χ0v) is 19.9. The highest BCUT2D eigenvalue weighted by Crippen LogP contribution is 2.42. The Hall–Kier alpha value is -2.59. The molecule has 2 aliphatic rings. The molecule has 0 bridgehead atoms. The van der Waals surface area contributed by atoms with Gasteiger partial charge in [-0.2, -0.15) is 22.0 Å². The molecule has 0 spiro atoms. The number of morpholine rings is 1. The highest BCUT2D eigenvalue weighted by molar-refractivity contribution is 7.86. The lowest BCUT2D eigenvalue weighted by Crippen LogP contribution is -2.48. The van der Waals surface area contributed by atoms with Crippen molar-refractivity contribution < 1.29 is 17.7 Å². The van der Waals surface area contributed by atoms with Gasteiger partial charge in [0.25, 0.3) is 10.2 Å². The smallest absolute Gasteiger partial charge is 0.282 e. The largest absolute Gasteiger partial charge is 0.379 e. The van der Waals surface area contributed by atoms with E-state index in [1.165, 1.54) is 9.87 Å². The van der Waals surface area contributed by atoms with Gasteiger partial charge in [-0.1, -0.05) is 65.8 Å². The summed E-state index contributed by atoms with van der Waals surface area (Å²) in [6.45, 7) is 1.92. The first-order valence-electron chi connectivity index (χ1n) is 11.9. The van der Waals surface area contributed by atoms with Crippen LogP contribution in [0.3, 0.4) is 0 Å². The summed E-state index contributed by atoms with van der Waals surface area (Å²) in [5.41, 5.74) is 2.39. The number of aromatic nitrogens is 2. The topological polar surface area (TPSA) is 88.8 Å². The fourth-order valence-corrected chi connectivity index (χ4v) is 6.55. The third-order valence-electron chi connectivity index (χ3n) is 6.60. The summed E-state index contributed by atoms with van der Waals surface area (Å²) in [6.07, 6.45) is 3.13. The van der Waals surface area contributed by atoms with Gasteiger partial charge in [0.15, 0.2) is 5.82 Å². The van der Waals surface area contributed by atoms with Crippen LogP contribution in [-0.2, 0) is 27.8 Å². The second-order valence-corrected chi connectivity index (χ2v) is 10.7. The number of benzene rings is 2. The standard InChI is InChI=1S/C25H30N4O4S/c30-34(31,28-14-16-32-17-15-28)29-19-22(21-11-5-2-6-12-21)18-23(29)25-26-24(27-33-25)13-7-10-20-8-3-1-4-9-20/h1-6,8-9,11-12,22-23H,7,10,13-19H2/t22-,23+/m1/s1. The maximum absolute atomic E-state index is 13.6. The fourth-order valence-electron chi connectivity index (χ4n) is 4.78. The summed E-state index contributed by atoms with van der Waals surface area (Å²) in [4.78, 5) is 4.63. The molecule has 0 saturated carbocycles. The summed E-state index contributed by atoms with van der Waals surface area (Å²) < 4.78 is 41.2. The van der Waals surface area contributed by atoms with Crippen molar-refractivity contribution in [3.8, 4) is 0 Å². The molecule has 2 aromatic carbocycles. The Morgan fingerprint density at radius 2 is 1.65 bits per heavy atom. The van der Waals surface area contributed by atoms with Crippen molar-refractivity contribution in [2.75, 3.05) is 32.8 Å². The van der Waals surface area contributed by atoms with Crippen LogP contribution in [0.25, 0.3) is 0 Å². The first-order chi connectivity index (χ1) is 16.6. The van der Waals surface area contributed by atoms with Crippen LogP contribution in [0.4, 0.5) is 0 Å². The predicted octanol–water partition coefficient (Wildman–Crippen LogP) is 3.35. The zero-order chi connectivity index (χ0) is 23.4. The van der Waals surface area contributed by atoms with Crippen molar-refractivity contribution in [1.82, 2.24) is 18.8 Å². The fraction of sp³-hybridized carbons (Fsp3) is 0.440. The molecule has 2 aliphatic heterocycles. The highest BCUT2D eigenvalue weighted by atomic mass is 32.2. The van der Waals surface area contributed by atoms with Gasteiger partial charge >= 0.3 is 0 Å². The Bertz CT molecular complexity index is 1160. The van der Waals surface area contributed by atoms with Crippen LogP contribution in [0, 0.1) is 0 Å². The van der Waals surface area contributed by atoms with Gasteiger partial charge in [-0.05, 0) is 36.3 Å². The summed E-state index contributed by atoms with van der Waals surface area (Å²) in [7, 11) is -3.68. The molecule has 2 atom stereocenters. The molecule has 2 saturated heterocycles. The maximum atomic E-state index is 13.6. The Kier molecular flexibility index (Phi) is 7.05. The Morgan fingerprint density at radius 1 is 0.941 bits per heavy atom. The van der Waals surface area contributed by atoms with Crippen molar-refractivity contribution >= 4 is 10.2 Å². The molecule has 3 heterocycles. The Labute approximate surface area is 200 Å². The minimum Gasteiger partial charge on any atom is -0.379 e. The number of aryl methyl sites for hydroxylation is 2. The Balaban J connectivity index is 1.34. The molecule has 0 unspecified atom stereocenters. The monoisotopic (exact) mass is 482 g/mol. The molecule has 180 valence electrons. The maximum Gasteiger partial charge on any atom is 0.282 e. The van der Waals surface area contributed by atoms with Gasteiger partial charge < -0.3 is 9.26 Å². The summed E-state index contributed by atoms with van der Waals surface area (Å²) in [5.74, 6) is 1.07. The van der Waals surface area contributed by atoms with E-state index in [1.807, 2.05) is 36.4 Å². The second-order valence-electron chi connectivity index (χ2n) is 8.84. The molecule has 8 nitrogen and oxygen atoms in total. The van der Waals surface area contributed by atoms with Crippen LogP contribution in [0.2, 0.25) is 0 Å². The first-order valence-corrected chi connectivity index (χ1v) is 13.3. The molecular formula is C25H30N4O4S. The van der Waals surface area contributed by atoms with Crippen LogP contribution >= 0.6 is 0 Å². The van der Waals surface area contributed by atoms with Crippen molar-refractivity contribution in [3.63, 3.8) is 0 Å². The van der Waals surface area contributed by atoms with Crippen LogP contribution in [0.15, 0.2) is 65.2 Å². The molecule has 0 amide bonds. The molecular weight excluding hydrogens is 452 g/mol. The quantitative estimate of drug-likeness (QED) is 0.489. The van der Waals surface area contributed by atoms with Gasteiger partial charge in [-0.25, -0.2) is 0 Å². The number of rotatable bonds is 8. The summed E-state index contributed by atoms with van der Waals surface area (Å²) in [6, 6.07) is 19.9. The van der Waals surface area contributed by atoms with Crippen LogP contribution in [0.1, 0.15) is 47.6 Å². The normalized spacial score (nSPS) is 22.2. The minimum atomic E-state index is -3.68. The van der Waals surface area contributed by atoms with Crippen LogP contribution < -0.4 is 0 Å². The van der Waals surface area contributed by atoms with Gasteiger partial charge in [-0.15, -0.1) is 0 Å². The molecule has 0 N–H and O–H groups in total. The van der Waals surface area contributed by atoms with Crippen LogP contribution in [-0.4, -0.2) is 60.0 Å². The van der Waals surface area contributed by atoms with E-state index in [0.29, 0.717) is 57.4 Å². The average Bonchev–Trinajstić information content (AvgIpc) is 3.54. The van der Waals surface area contributed by atoms with E-state index >= 15 is 0 Å². The van der Waals surface area contributed by atoms with Gasteiger partial charge in [0, 0.05) is 26.1 Å². The van der Waals surface area contributed by atoms with Crippen molar-refractivity contribution in [2.24, 2.45) is 0 Å². The van der Waals surface area contributed by atoms with Crippen molar-refractivity contribution in [3.05, 3.63) is 83.5 Å². The lowest BCUT2D eigenvalue weighted by atomic mass is 9.96. The number of nitrogens with zero attached hydrogens (tertiary/aromatic N) is 4. The predicted molar refractivity (Wildman–Crippen MR) is 127 cm³/mol. The number of hydrogen-bond acceptors (Lipinski definition) is 6. The SMILES string of the molecule is O=S(=O)(N1CCOCC1)N1C[C@H](c2ccccc2)C[C@H]1c1nc(CCCc2ccccc2)no1. The zero-order valence-electron chi connectivity index (χ0n) is 19.1. The highest BCUT2D eigenvalue weighted by Gasteiger charge is 2.46. The summed E-state index contributed by atoms with van der Waals surface area (Å²) in [5, 5.41) is 4.18. The molecule has 5 rings (SSSR count). The lowest BCUT2D eigenvalue weighted by molar-refractivity contribution is 0.0695. The third kappa shape index (κ3) is 5.07. The molecule has 3 aromatic rings. The van der Waals surface area contributed by atoms with E-state index in [1.54, 1.807) is 4.31 Å². The lowest BCUT2D eigenvalue weighted by Gasteiger charge is -2.31. The first kappa shape index (κ1) is 23.2. The van der Waals surface area contributed by atoms with E-state index in [4.69, 9.17) is 9.26 Å². The molecule has 34 heavy (non-hydrogen) atoms. The third-order valence-corrected chi connectivity index (χ3v) is 8.61. The summed E-state index contributed by atoms with van der Waals surface area (Å²) >= 11 is 0. The van der Waals surface area contributed by atoms with Gasteiger partial charge in [0.05, 0.1) is 13.2 Å². The van der Waals surface area contributed by atoms with Crippen molar-refractivity contribution in [1.29, 1.82) is 0 Å². The van der Waals surface area contributed by atoms with Gasteiger partial charge in [0.1, 0.15) is 6.04 Å². The second kappa shape index (κ2) is 10.4. The molecule has 1 aromatic heterocycles. The molecule has 0 aliphatic carbocycles. The molecule has 0 radical (unpaired) electrons. The van der Waals surface area contributed by atoms with Gasteiger partial charge in [0.2, 0.25) is 5.89 Å². The molecule has 9 heteroatoms. The van der Waals surface area contributed by atoms with Gasteiger partial charge in [-0.3, -0.25) is 0 Å². The number of hydrogen-bond donors (Lipinski definition) is 0. The van der Waals surface area contributed by atoms with Crippen LogP contribution in [0.5, 0.6) is 0 Å². The van der Waals surface area contributed by atoms with E-state index < -0.39 is 16.3 Å². The van der Waals surface area contributed by atoms with E-state index in [-0.39, 0.29) is 5.92 Å². The van der Waals surface area contributed by atoms with E-state index in [2.05, 4.69) is 34.4 Å². The number of ether oxygens (including phenoxy) is 1.